The third-order valence-electron chi connectivity index (χ3n) is 2.39. The largest absolute Gasteiger partial charge is 0.388 e. The van der Waals surface area contributed by atoms with Crippen molar-refractivity contribution in [2.24, 2.45) is 5.73 Å². The van der Waals surface area contributed by atoms with Crippen LogP contribution in [0.3, 0.4) is 0 Å². The van der Waals surface area contributed by atoms with Crippen molar-refractivity contribution in [1.29, 1.82) is 5.41 Å². The summed E-state index contributed by atoms with van der Waals surface area (Å²) in [6, 6.07) is 4.30. The molecule has 0 aliphatic heterocycles. The van der Waals surface area contributed by atoms with Crippen LogP contribution in [0, 0.1) is 11.2 Å². The van der Waals surface area contributed by atoms with Gasteiger partial charge in [0.1, 0.15) is 5.82 Å². The van der Waals surface area contributed by atoms with Crippen LogP contribution in [-0.4, -0.2) is 20.3 Å². The standard InChI is InChI=1S/C11H16FN3O2S/c1-2-9(7-11(13)14)15-18(16,17)10-5-3-4-8(12)6-10/h3-6,9,15H,2,7H2,1H3,(H3,13,14). The highest BCUT2D eigenvalue weighted by Gasteiger charge is 2.19. The molecule has 0 amide bonds. The molecule has 1 aromatic rings. The molecule has 5 nitrogen and oxygen atoms in total. The molecule has 7 heteroatoms. The van der Waals surface area contributed by atoms with Gasteiger partial charge in [0.15, 0.2) is 0 Å². The topological polar surface area (TPSA) is 96.0 Å². The molecule has 1 rings (SSSR count). The van der Waals surface area contributed by atoms with Crippen LogP contribution in [0.2, 0.25) is 0 Å². The number of amidine groups is 1. The first kappa shape index (κ1) is 14.6. The Bertz CT molecular complexity index is 531. The number of hydrogen-bond acceptors (Lipinski definition) is 3. The first-order valence-electron chi connectivity index (χ1n) is 5.46. The molecule has 0 fully saturated rings. The highest BCUT2D eigenvalue weighted by Crippen LogP contribution is 2.12. The lowest BCUT2D eigenvalue weighted by molar-refractivity contribution is 0.543. The molecule has 0 heterocycles. The summed E-state index contributed by atoms with van der Waals surface area (Å²) in [4.78, 5) is -0.135. The van der Waals surface area contributed by atoms with E-state index in [4.69, 9.17) is 11.1 Å². The predicted molar refractivity (Wildman–Crippen MR) is 67.3 cm³/mol. The van der Waals surface area contributed by atoms with E-state index in [0.717, 1.165) is 6.07 Å². The maximum absolute atomic E-state index is 13.0. The molecular formula is C11H16FN3O2S. The predicted octanol–water partition coefficient (Wildman–Crippen LogP) is 1.21. The Hall–Kier alpha value is -1.47. The average molecular weight is 273 g/mol. The number of sulfonamides is 1. The van der Waals surface area contributed by atoms with Crippen LogP contribution in [0.25, 0.3) is 0 Å². The fraction of sp³-hybridized carbons (Fsp3) is 0.364. The Morgan fingerprint density at radius 3 is 2.72 bits per heavy atom. The minimum absolute atomic E-state index is 0.0937. The monoisotopic (exact) mass is 273 g/mol. The smallest absolute Gasteiger partial charge is 0.240 e. The van der Waals surface area contributed by atoms with Gasteiger partial charge in [-0.3, -0.25) is 5.41 Å². The van der Waals surface area contributed by atoms with E-state index in [1.54, 1.807) is 6.92 Å². The molecule has 0 spiro atoms. The van der Waals surface area contributed by atoms with E-state index in [9.17, 15) is 12.8 Å². The van der Waals surface area contributed by atoms with Crippen molar-refractivity contribution in [3.05, 3.63) is 30.1 Å². The summed E-state index contributed by atoms with van der Waals surface area (Å²) < 4.78 is 39.3. The maximum atomic E-state index is 13.0. The van der Waals surface area contributed by atoms with Crippen LogP contribution < -0.4 is 10.5 Å². The van der Waals surface area contributed by atoms with Crippen molar-refractivity contribution >= 4 is 15.9 Å². The fourth-order valence-corrected chi connectivity index (χ4v) is 2.81. The van der Waals surface area contributed by atoms with Crippen molar-refractivity contribution < 1.29 is 12.8 Å². The van der Waals surface area contributed by atoms with Gasteiger partial charge in [-0.1, -0.05) is 13.0 Å². The Morgan fingerprint density at radius 2 is 2.22 bits per heavy atom. The summed E-state index contributed by atoms with van der Waals surface area (Å²) >= 11 is 0. The van der Waals surface area contributed by atoms with Gasteiger partial charge in [0, 0.05) is 12.5 Å². The van der Waals surface area contributed by atoms with Crippen molar-refractivity contribution in [1.82, 2.24) is 4.72 Å². The lowest BCUT2D eigenvalue weighted by Gasteiger charge is -2.16. The number of hydrogen-bond donors (Lipinski definition) is 3. The number of rotatable bonds is 6. The minimum Gasteiger partial charge on any atom is -0.388 e. The van der Waals surface area contributed by atoms with Crippen LogP contribution in [0.15, 0.2) is 29.2 Å². The molecule has 0 aliphatic carbocycles. The second kappa shape index (κ2) is 5.92. The Labute approximate surface area is 106 Å². The van der Waals surface area contributed by atoms with Crippen LogP contribution in [-0.2, 0) is 10.0 Å². The lowest BCUT2D eigenvalue weighted by atomic mass is 10.1. The normalized spacial score (nSPS) is 13.2. The summed E-state index contributed by atoms with van der Waals surface area (Å²) in [6.45, 7) is 1.78. The van der Waals surface area contributed by atoms with E-state index in [0.29, 0.717) is 6.42 Å². The molecule has 100 valence electrons. The zero-order valence-corrected chi connectivity index (χ0v) is 10.8. The highest BCUT2D eigenvalue weighted by atomic mass is 32.2. The first-order chi connectivity index (χ1) is 8.35. The van der Waals surface area contributed by atoms with Gasteiger partial charge in [-0.15, -0.1) is 0 Å². The Morgan fingerprint density at radius 1 is 1.56 bits per heavy atom. The third-order valence-corrected chi connectivity index (χ3v) is 3.91. The first-order valence-corrected chi connectivity index (χ1v) is 6.94. The number of nitrogens with one attached hydrogen (secondary N) is 2. The second-order valence-corrected chi connectivity index (χ2v) is 5.63. The van der Waals surface area contributed by atoms with Crippen LogP contribution in [0.1, 0.15) is 19.8 Å². The Balaban J connectivity index is 2.90. The van der Waals surface area contributed by atoms with Gasteiger partial charge in [-0.25, -0.2) is 17.5 Å². The van der Waals surface area contributed by atoms with E-state index < -0.39 is 21.9 Å². The van der Waals surface area contributed by atoms with Crippen LogP contribution >= 0.6 is 0 Å². The molecule has 18 heavy (non-hydrogen) atoms. The molecule has 0 aromatic heterocycles. The molecule has 1 atom stereocenters. The molecule has 0 saturated carbocycles. The van der Waals surface area contributed by atoms with E-state index in [1.165, 1.54) is 18.2 Å². The summed E-state index contributed by atoms with van der Waals surface area (Å²) in [5, 5.41) is 7.16. The Kier molecular flexibility index (Phi) is 4.80. The average Bonchev–Trinajstić information content (AvgIpc) is 2.27. The van der Waals surface area contributed by atoms with Gasteiger partial charge in [-0.2, -0.15) is 0 Å². The van der Waals surface area contributed by atoms with Gasteiger partial charge in [0.25, 0.3) is 0 Å². The van der Waals surface area contributed by atoms with Crippen LogP contribution in [0.4, 0.5) is 4.39 Å². The van der Waals surface area contributed by atoms with E-state index >= 15 is 0 Å². The summed E-state index contributed by atoms with van der Waals surface area (Å²) in [5.41, 5.74) is 5.24. The fourth-order valence-electron chi connectivity index (χ4n) is 1.46. The van der Waals surface area contributed by atoms with E-state index in [2.05, 4.69) is 4.72 Å². The SMILES string of the molecule is CCC(CC(=N)N)NS(=O)(=O)c1cccc(F)c1. The molecule has 0 aliphatic rings. The zero-order chi connectivity index (χ0) is 13.8. The van der Waals surface area contributed by atoms with Crippen molar-refractivity contribution in [3.63, 3.8) is 0 Å². The van der Waals surface area contributed by atoms with Gasteiger partial charge in [0.05, 0.1) is 10.7 Å². The quantitative estimate of drug-likeness (QED) is 0.537. The molecule has 0 saturated heterocycles. The minimum atomic E-state index is -3.78. The molecule has 1 aromatic carbocycles. The lowest BCUT2D eigenvalue weighted by Crippen LogP contribution is -2.37. The van der Waals surface area contributed by atoms with Crippen LogP contribution in [0.5, 0.6) is 0 Å². The van der Waals surface area contributed by atoms with E-state index in [-0.39, 0.29) is 17.2 Å². The number of halogens is 1. The van der Waals surface area contributed by atoms with Crippen molar-refractivity contribution in [2.75, 3.05) is 0 Å². The zero-order valence-electron chi connectivity index (χ0n) is 9.98. The van der Waals surface area contributed by atoms with E-state index in [1.807, 2.05) is 0 Å². The van der Waals surface area contributed by atoms with Gasteiger partial charge in [-0.05, 0) is 24.6 Å². The highest BCUT2D eigenvalue weighted by molar-refractivity contribution is 7.89. The number of nitrogens with two attached hydrogens (primary N) is 1. The number of benzene rings is 1. The second-order valence-electron chi connectivity index (χ2n) is 3.91. The molecule has 4 N–H and O–H groups in total. The molecule has 1 unspecified atom stereocenters. The van der Waals surface area contributed by atoms with Gasteiger partial charge >= 0.3 is 0 Å². The molecule has 0 bridgehead atoms. The summed E-state index contributed by atoms with van der Waals surface area (Å²) in [6.07, 6.45) is 0.624. The van der Waals surface area contributed by atoms with Gasteiger partial charge in [0.2, 0.25) is 10.0 Å². The summed E-state index contributed by atoms with van der Waals surface area (Å²) in [5.74, 6) is -0.707. The van der Waals surface area contributed by atoms with Crippen molar-refractivity contribution in [3.8, 4) is 0 Å². The molecule has 0 radical (unpaired) electrons. The third kappa shape index (κ3) is 4.08. The van der Waals surface area contributed by atoms with Gasteiger partial charge < -0.3 is 5.73 Å². The van der Waals surface area contributed by atoms with Crippen molar-refractivity contribution in [2.45, 2.75) is 30.7 Å². The maximum Gasteiger partial charge on any atom is 0.240 e. The summed E-state index contributed by atoms with van der Waals surface area (Å²) in [7, 11) is -3.78. The molecular weight excluding hydrogens is 257 g/mol.